The number of rotatable bonds is 3. The Bertz CT molecular complexity index is 1670. The van der Waals surface area contributed by atoms with E-state index in [4.69, 9.17) is 30.2 Å². The van der Waals surface area contributed by atoms with Crippen molar-refractivity contribution < 1.29 is 33.0 Å². The molecule has 0 unspecified atom stereocenters. The number of hydrogen-bond acceptors (Lipinski definition) is 8. The van der Waals surface area contributed by atoms with E-state index in [9.17, 15) is 19.2 Å². The zero-order valence-electron chi connectivity index (χ0n) is 20.7. The van der Waals surface area contributed by atoms with Crippen LogP contribution in [0.3, 0.4) is 0 Å². The molecule has 1 spiro atoms. The Hall–Kier alpha value is -4.11. The van der Waals surface area contributed by atoms with Crippen LogP contribution in [0.4, 0.5) is 0 Å². The molecule has 1 amide bonds. The molecule has 1 aliphatic carbocycles. The van der Waals surface area contributed by atoms with Gasteiger partial charge in [-0.1, -0.05) is 30.7 Å². The van der Waals surface area contributed by atoms with Crippen LogP contribution in [0.1, 0.15) is 41.6 Å². The smallest absolute Gasteiger partial charge is 0.236 e. The average Bonchev–Trinajstić information content (AvgIpc) is 3.22. The van der Waals surface area contributed by atoms with Gasteiger partial charge in [0.1, 0.15) is 27.7 Å². The molecule has 0 saturated heterocycles. The molecule has 0 radical (unpaired) electrons. The number of Topliss-reactive ketones (excluding diaryl/α,β-unsaturated/α-hetero) is 2. The van der Waals surface area contributed by atoms with Gasteiger partial charge in [-0.05, 0) is 18.6 Å². The first-order valence-electron chi connectivity index (χ1n) is 12.0. The fourth-order valence-electron chi connectivity index (χ4n) is 5.79. The molecular weight excluding hydrogens is 514 g/mol. The Morgan fingerprint density at radius 3 is 2.50 bits per heavy atom. The molecule has 0 bridgehead atoms. The summed E-state index contributed by atoms with van der Waals surface area (Å²) < 4.78 is 22.6. The summed E-state index contributed by atoms with van der Waals surface area (Å²) in [5.74, 6) is -2.80. The molecule has 3 aromatic rings. The first-order chi connectivity index (χ1) is 18.2. The average molecular weight is 536 g/mol. The Morgan fingerprint density at radius 2 is 1.76 bits per heavy atom. The fraction of sp³-hybridized carbons (Fsp3) is 0.286. The summed E-state index contributed by atoms with van der Waals surface area (Å²) in [6, 6.07) is 8.20. The third-order valence-electron chi connectivity index (χ3n) is 7.64. The number of benzene rings is 2. The van der Waals surface area contributed by atoms with E-state index in [0.29, 0.717) is 16.7 Å². The molecular formula is C28H22ClNO8. The number of halogens is 1. The van der Waals surface area contributed by atoms with Crippen LogP contribution < -0.4 is 25.0 Å². The molecule has 1 N–H and O–H groups in total. The standard InChI is InChI=1S/C28H22ClNO8/c1-12-8-16-21(14(9-20(31)30-16)15-11-37-17-7-5-4-6-13(17)24(15)32)26(33)28(12)27(34)22-18(35-2)10-19(36-3)23(29)25(22)38-28/h4-7,10-12,14H,8-9H2,1-3H3,(H,30,31)/t12-,14+,28+/m1/s1. The molecule has 0 saturated carbocycles. The number of amides is 1. The van der Waals surface area contributed by atoms with E-state index in [1.54, 1.807) is 31.2 Å². The molecule has 9 nitrogen and oxygen atoms in total. The van der Waals surface area contributed by atoms with Crippen molar-refractivity contribution in [1.29, 1.82) is 0 Å². The summed E-state index contributed by atoms with van der Waals surface area (Å²) >= 11 is 6.51. The number of methoxy groups -OCH3 is 2. The molecule has 3 aliphatic rings. The van der Waals surface area contributed by atoms with E-state index >= 15 is 0 Å². The van der Waals surface area contributed by atoms with Gasteiger partial charge >= 0.3 is 0 Å². The quantitative estimate of drug-likeness (QED) is 0.500. The highest BCUT2D eigenvalue weighted by Gasteiger charge is 2.63. The van der Waals surface area contributed by atoms with Crippen molar-refractivity contribution in [2.45, 2.75) is 31.3 Å². The lowest BCUT2D eigenvalue weighted by Gasteiger charge is -2.41. The normalized spacial score (nSPS) is 24.3. The summed E-state index contributed by atoms with van der Waals surface area (Å²) in [6.45, 7) is 1.70. The Kier molecular flexibility index (Phi) is 5.39. The number of hydrogen-bond donors (Lipinski definition) is 1. The Labute approximate surface area is 221 Å². The van der Waals surface area contributed by atoms with Crippen molar-refractivity contribution in [3.05, 3.63) is 74.2 Å². The van der Waals surface area contributed by atoms with E-state index in [1.165, 1.54) is 26.5 Å². The number of allylic oxidation sites excluding steroid dienone is 1. The molecule has 0 fully saturated rings. The largest absolute Gasteiger partial charge is 0.496 e. The molecule has 3 atom stereocenters. The van der Waals surface area contributed by atoms with Gasteiger partial charge in [-0.3, -0.25) is 19.2 Å². The number of ketones is 2. The van der Waals surface area contributed by atoms with Crippen molar-refractivity contribution in [1.82, 2.24) is 5.32 Å². The highest BCUT2D eigenvalue weighted by Crippen LogP contribution is 2.55. The summed E-state index contributed by atoms with van der Waals surface area (Å²) in [5, 5.41) is 3.15. The van der Waals surface area contributed by atoms with Crippen LogP contribution in [-0.4, -0.2) is 37.3 Å². The number of ether oxygens (including phenoxy) is 3. The molecule has 6 rings (SSSR count). The SMILES string of the molecule is COc1cc(OC)c2c(c1Cl)O[C@@]1(C(=O)C3=C(C[C@H]1C)NC(=O)C[C@H]3c1coc3ccccc3c1=O)C2=O. The van der Waals surface area contributed by atoms with Gasteiger partial charge < -0.3 is 23.9 Å². The first kappa shape index (κ1) is 24.2. The zero-order valence-corrected chi connectivity index (χ0v) is 21.4. The number of nitrogens with one attached hydrogen (secondary N) is 1. The van der Waals surface area contributed by atoms with Gasteiger partial charge in [0.25, 0.3) is 0 Å². The van der Waals surface area contributed by atoms with Crippen LogP contribution in [0.2, 0.25) is 5.02 Å². The lowest BCUT2D eigenvalue weighted by Crippen LogP contribution is -2.59. The minimum atomic E-state index is -1.96. The minimum absolute atomic E-state index is 0.00118. The van der Waals surface area contributed by atoms with Gasteiger partial charge in [-0.2, -0.15) is 0 Å². The maximum absolute atomic E-state index is 14.4. The fourth-order valence-corrected chi connectivity index (χ4v) is 6.05. The number of fused-ring (bicyclic) bond motifs is 2. The third-order valence-corrected chi connectivity index (χ3v) is 8.00. The van der Waals surface area contributed by atoms with E-state index in [-0.39, 0.29) is 63.1 Å². The highest BCUT2D eigenvalue weighted by atomic mass is 35.5. The van der Waals surface area contributed by atoms with Crippen LogP contribution in [0.15, 0.2) is 57.1 Å². The topological polar surface area (TPSA) is 121 Å². The van der Waals surface area contributed by atoms with Gasteiger partial charge in [-0.15, -0.1) is 0 Å². The van der Waals surface area contributed by atoms with Gasteiger partial charge in [0.15, 0.2) is 11.2 Å². The summed E-state index contributed by atoms with van der Waals surface area (Å²) in [7, 11) is 2.80. The van der Waals surface area contributed by atoms with Gasteiger partial charge in [0, 0.05) is 41.2 Å². The van der Waals surface area contributed by atoms with Crippen molar-refractivity contribution in [3.63, 3.8) is 0 Å². The molecule has 194 valence electrons. The van der Waals surface area contributed by atoms with E-state index in [0.717, 1.165) is 0 Å². The van der Waals surface area contributed by atoms with Crippen LogP contribution in [0.5, 0.6) is 17.2 Å². The van der Waals surface area contributed by atoms with Crippen LogP contribution in [0, 0.1) is 5.92 Å². The predicted octanol–water partition coefficient (Wildman–Crippen LogP) is 3.94. The second kappa shape index (κ2) is 8.46. The second-order valence-electron chi connectivity index (χ2n) is 9.61. The predicted molar refractivity (Wildman–Crippen MR) is 136 cm³/mol. The first-order valence-corrected chi connectivity index (χ1v) is 12.4. The zero-order chi connectivity index (χ0) is 26.9. The maximum Gasteiger partial charge on any atom is 0.236 e. The van der Waals surface area contributed by atoms with E-state index in [2.05, 4.69) is 5.32 Å². The lowest BCUT2D eigenvalue weighted by molar-refractivity contribution is -0.131. The van der Waals surface area contributed by atoms with Crippen LogP contribution in [-0.2, 0) is 9.59 Å². The number of carbonyl (C=O) groups is 3. The molecule has 2 aromatic carbocycles. The molecule has 2 aliphatic heterocycles. The Balaban J connectivity index is 1.53. The molecule has 1 aromatic heterocycles. The lowest BCUT2D eigenvalue weighted by atomic mass is 9.66. The summed E-state index contributed by atoms with van der Waals surface area (Å²) in [4.78, 5) is 54.6. The molecule has 38 heavy (non-hydrogen) atoms. The van der Waals surface area contributed by atoms with Crippen molar-refractivity contribution in [2.24, 2.45) is 5.92 Å². The Morgan fingerprint density at radius 1 is 1.03 bits per heavy atom. The monoisotopic (exact) mass is 535 g/mol. The van der Waals surface area contributed by atoms with Crippen molar-refractivity contribution in [3.8, 4) is 17.2 Å². The van der Waals surface area contributed by atoms with E-state index in [1.807, 2.05) is 0 Å². The van der Waals surface area contributed by atoms with Gasteiger partial charge in [-0.25, -0.2) is 0 Å². The maximum atomic E-state index is 14.4. The van der Waals surface area contributed by atoms with Crippen molar-refractivity contribution in [2.75, 3.05) is 14.2 Å². The van der Waals surface area contributed by atoms with E-state index < -0.39 is 29.0 Å². The third kappa shape index (κ3) is 3.11. The van der Waals surface area contributed by atoms with Crippen LogP contribution in [0.25, 0.3) is 11.0 Å². The van der Waals surface area contributed by atoms with Crippen molar-refractivity contribution >= 4 is 40.0 Å². The van der Waals surface area contributed by atoms with Gasteiger partial charge in [0.05, 0.1) is 25.9 Å². The second-order valence-corrected chi connectivity index (χ2v) is 9.99. The van der Waals surface area contributed by atoms with Crippen LogP contribution >= 0.6 is 11.6 Å². The molecule has 3 heterocycles. The molecule has 10 heteroatoms. The number of para-hydroxylation sites is 1. The number of carbonyl (C=O) groups excluding carboxylic acids is 3. The summed E-state index contributed by atoms with van der Waals surface area (Å²) in [6.07, 6.45) is 1.27. The minimum Gasteiger partial charge on any atom is -0.496 e. The summed E-state index contributed by atoms with van der Waals surface area (Å²) in [5.41, 5.74) is -1.21. The van der Waals surface area contributed by atoms with Gasteiger partial charge in [0.2, 0.25) is 23.1 Å². The highest BCUT2D eigenvalue weighted by molar-refractivity contribution is 6.36.